The highest BCUT2D eigenvalue weighted by molar-refractivity contribution is 6.01. The van der Waals surface area contributed by atoms with Crippen LogP contribution in [-0.2, 0) is 6.54 Å². The number of amides is 1. The Kier molecular flexibility index (Phi) is 5.85. The molecule has 0 atom stereocenters. The molecular formula is C27H22FN5O2. The summed E-state index contributed by atoms with van der Waals surface area (Å²) >= 11 is 0. The van der Waals surface area contributed by atoms with Crippen LogP contribution in [0.25, 0.3) is 27.8 Å². The number of halogens is 1. The van der Waals surface area contributed by atoms with Crippen molar-refractivity contribution in [2.75, 3.05) is 12.8 Å². The average molecular weight is 468 g/mol. The number of benzene rings is 3. The molecule has 0 unspecified atom stereocenters. The molecule has 7 nitrogen and oxygen atoms in total. The molecule has 0 bridgehead atoms. The highest BCUT2D eigenvalue weighted by Gasteiger charge is 2.17. The smallest absolute Gasteiger partial charge is 0.255 e. The van der Waals surface area contributed by atoms with Gasteiger partial charge in [0.15, 0.2) is 5.65 Å². The molecule has 0 saturated heterocycles. The van der Waals surface area contributed by atoms with Gasteiger partial charge in [0.05, 0.1) is 18.1 Å². The van der Waals surface area contributed by atoms with Crippen LogP contribution < -0.4 is 15.8 Å². The molecule has 1 amide bonds. The van der Waals surface area contributed by atoms with Gasteiger partial charge in [0, 0.05) is 24.0 Å². The first-order valence-corrected chi connectivity index (χ1v) is 10.9. The number of anilines is 1. The molecule has 0 aliphatic rings. The monoisotopic (exact) mass is 467 g/mol. The van der Waals surface area contributed by atoms with E-state index in [9.17, 15) is 9.18 Å². The van der Waals surface area contributed by atoms with E-state index in [-0.39, 0.29) is 12.1 Å². The number of methoxy groups -OCH3 is 1. The number of nitrogen functional groups attached to an aromatic ring is 1. The summed E-state index contributed by atoms with van der Waals surface area (Å²) in [6.07, 6.45) is 3.46. The summed E-state index contributed by atoms with van der Waals surface area (Å²) < 4.78 is 20.8. The van der Waals surface area contributed by atoms with Crippen molar-refractivity contribution in [1.82, 2.24) is 19.9 Å². The SMILES string of the molecule is COc1ccc(F)cc1C(=O)NCc1ccc(-c2cn(-c3ccccc3)c3ncnc(N)c23)cc1. The van der Waals surface area contributed by atoms with Gasteiger partial charge in [0.2, 0.25) is 0 Å². The highest BCUT2D eigenvalue weighted by Crippen LogP contribution is 2.34. The number of nitrogens with zero attached hydrogens (tertiary/aromatic N) is 3. The molecule has 5 aromatic rings. The summed E-state index contributed by atoms with van der Waals surface area (Å²) in [7, 11) is 1.44. The van der Waals surface area contributed by atoms with Crippen LogP contribution in [0.15, 0.2) is 85.3 Å². The Labute approximate surface area is 201 Å². The Balaban J connectivity index is 1.41. The summed E-state index contributed by atoms with van der Waals surface area (Å²) in [5.41, 5.74) is 10.8. The predicted molar refractivity (Wildman–Crippen MR) is 133 cm³/mol. The molecule has 0 fully saturated rings. The third-order valence-electron chi connectivity index (χ3n) is 5.77. The Morgan fingerprint density at radius 2 is 1.83 bits per heavy atom. The van der Waals surface area contributed by atoms with E-state index in [0.29, 0.717) is 11.6 Å². The van der Waals surface area contributed by atoms with Crippen molar-refractivity contribution in [2.45, 2.75) is 6.54 Å². The average Bonchev–Trinajstić information content (AvgIpc) is 3.29. The molecule has 3 N–H and O–H groups in total. The van der Waals surface area contributed by atoms with Gasteiger partial charge < -0.3 is 20.4 Å². The van der Waals surface area contributed by atoms with E-state index in [1.165, 1.54) is 25.6 Å². The number of para-hydroxylation sites is 1. The van der Waals surface area contributed by atoms with Crippen molar-refractivity contribution in [3.63, 3.8) is 0 Å². The second-order valence-electron chi connectivity index (χ2n) is 7.93. The van der Waals surface area contributed by atoms with E-state index in [4.69, 9.17) is 10.5 Å². The molecule has 0 spiro atoms. The van der Waals surface area contributed by atoms with Crippen molar-refractivity contribution < 1.29 is 13.9 Å². The molecule has 8 heteroatoms. The summed E-state index contributed by atoms with van der Waals surface area (Å²) in [6, 6.07) is 21.5. The molecule has 35 heavy (non-hydrogen) atoms. The number of nitrogens with two attached hydrogens (primary N) is 1. The molecule has 2 heterocycles. The summed E-state index contributed by atoms with van der Waals surface area (Å²) in [5.74, 6) is -0.201. The molecule has 0 saturated carbocycles. The summed E-state index contributed by atoms with van der Waals surface area (Å²) in [6.45, 7) is 0.274. The standard InChI is InChI=1S/C27H22FN5O2/c1-35-23-12-11-19(28)13-21(23)27(34)30-14-17-7-9-18(10-8-17)22-15-33(20-5-3-2-4-6-20)26-24(22)25(29)31-16-32-26/h2-13,15-16H,14H2,1H3,(H,30,34)(H2,29,31,32). The maximum atomic E-state index is 13.6. The maximum Gasteiger partial charge on any atom is 0.255 e. The van der Waals surface area contributed by atoms with Crippen LogP contribution in [0.3, 0.4) is 0 Å². The van der Waals surface area contributed by atoms with E-state index in [1.807, 2.05) is 65.4 Å². The fraction of sp³-hybridized carbons (Fsp3) is 0.0741. The van der Waals surface area contributed by atoms with Crippen LogP contribution in [0, 0.1) is 5.82 Å². The largest absolute Gasteiger partial charge is 0.496 e. The number of hydrogen-bond acceptors (Lipinski definition) is 5. The van der Waals surface area contributed by atoms with Crippen LogP contribution in [-0.4, -0.2) is 27.6 Å². The molecule has 174 valence electrons. The van der Waals surface area contributed by atoms with Crippen LogP contribution >= 0.6 is 0 Å². The van der Waals surface area contributed by atoms with Gasteiger partial charge in [0.25, 0.3) is 5.91 Å². The fourth-order valence-corrected chi connectivity index (χ4v) is 4.03. The van der Waals surface area contributed by atoms with Gasteiger partial charge in [0.1, 0.15) is 23.7 Å². The zero-order valence-electron chi connectivity index (χ0n) is 18.9. The van der Waals surface area contributed by atoms with E-state index in [0.717, 1.165) is 39.5 Å². The number of aromatic nitrogens is 3. The minimum atomic E-state index is -0.502. The van der Waals surface area contributed by atoms with Gasteiger partial charge in [-0.25, -0.2) is 14.4 Å². The quantitative estimate of drug-likeness (QED) is 0.376. The minimum Gasteiger partial charge on any atom is -0.496 e. The summed E-state index contributed by atoms with van der Waals surface area (Å²) in [4.78, 5) is 21.2. The van der Waals surface area contributed by atoms with Crippen molar-refractivity contribution in [2.24, 2.45) is 0 Å². The van der Waals surface area contributed by atoms with Crippen LogP contribution in [0.5, 0.6) is 5.75 Å². The highest BCUT2D eigenvalue weighted by atomic mass is 19.1. The lowest BCUT2D eigenvalue weighted by molar-refractivity contribution is 0.0947. The lowest BCUT2D eigenvalue weighted by Gasteiger charge is -2.10. The molecule has 3 aromatic carbocycles. The minimum absolute atomic E-state index is 0.147. The van der Waals surface area contributed by atoms with E-state index >= 15 is 0 Å². The van der Waals surface area contributed by atoms with Crippen molar-refractivity contribution >= 4 is 22.8 Å². The normalized spacial score (nSPS) is 10.9. The van der Waals surface area contributed by atoms with E-state index in [1.54, 1.807) is 0 Å². The fourth-order valence-electron chi connectivity index (χ4n) is 4.03. The van der Waals surface area contributed by atoms with Crippen LogP contribution in [0.4, 0.5) is 10.2 Å². The maximum absolute atomic E-state index is 13.6. The van der Waals surface area contributed by atoms with Gasteiger partial charge in [-0.2, -0.15) is 0 Å². The second kappa shape index (κ2) is 9.26. The number of hydrogen-bond donors (Lipinski definition) is 2. The van der Waals surface area contributed by atoms with Gasteiger partial charge in [-0.15, -0.1) is 0 Å². The number of carbonyl (C=O) groups is 1. The molecule has 5 rings (SSSR count). The first-order chi connectivity index (χ1) is 17.0. The zero-order valence-corrected chi connectivity index (χ0v) is 18.9. The third kappa shape index (κ3) is 4.29. The van der Waals surface area contributed by atoms with Crippen molar-refractivity contribution in [1.29, 1.82) is 0 Å². The van der Waals surface area contributed by atoms with Crippen molar-refractivity contribution in [3.8, 4) is 22.6 Å². The number of ether oxygens (including phenoxy) is 1. The van der Waals surface area contributed by atoms with E-state index < -0.39 is 11.7 Å². The molecular weight excluding hydrogens is 445 g/mol. The van der Waals surface area contributed by atoms with Gasteiger partial charge in [-0.3, -0.25) is 4.79 Å². The summed E-state index contributed by atoms with van der Waals surface area (Å²) in [5, 5.41) is 3.58. The predicted octanol–water partition coefficient (Wildman–Crippen LogP) is 4.75. The van der Waals surface area contributed by atoms with E-state index in [2.05, 4.69) is 15.3 Å². The zero-order chi connectivity index (χ0) is 24.4. The lowest BCUT2D eigenvalue weighted by Crippen LogP contribution is -2.23. The number of nitrogens with one attached hydrogen (secondary N) is 1. The Bertz CT molecular complexity index is 1510. The van der Waals surface area contributed by atoms with Crippen LogP contribution in [0.2, 0.25) is 0 Å². The molecule has 0 radical (unpaired) electrons. The topological polar surface area (TPSA) is 95.1 Å². The van der Waals surface area contributed by atoms with Gasteiger partial charge in [-0.05, 0) is 41.5 Å². The second-order valence-corrected chi connectivity index (χ2v) is 7.93. The Morgan fingerprint density at radius 3 is 2.57 bits per heavy atom. The molecule has 0 aliphatic carbocycles. The third-order valence-corrected chi connectivity index (χ3v) is 5.77. The molecule has 0 aliphatic heterocycles. The number of carbonyl (C=O) groups excluding carboxylic acids is 1. The number of rotatable bonds is 6. The van der Waals surface area contributed by atoms with Crippen molar-refractivity contribution in [3.05, 3.63) is 102 Å². The number of fused-ring (bicyclic) bond motifs is 1. The van der Waals surface area contributed by atoms with Gasteiger partial charge in [-0.1, -0.05) is 42.5 Å². The Hall–Kier alpha value is -4.72. The lowest BCUT2D eigenvalue weighted by atomic mass is 10.0. The first-order valence-electron chi connectivity index (χ1n) is 10.9. The first kappa shape index (κ1) is 22.1. The molecule has 2 aromatic heterocycles. The Morgan fingerprint density at radius 1 is 1.06 bits per heavy atom. The van der Waals surface area contributed by atoms with Crippen LogP contribution in [0.1, 0.15) is 15.9 Å². The van der Waals surface area contributed by atoms with Gasteiger partial charge >= 0.3 is 0 Å².